The maximum atomic E-state index is 14.0. The van der Waals surface area contributed by atoms with E-state index in [1.54, 1.807) is 23.9 Å². The highest BCUT2D eigenvalue weighted by molar-refractivity contribution is 7.98. The molecule has 222 valence electrons. The molecule has 6 rings (SSSR count). The molecular weight excluding hydrogens is 594 g/mol. The lowest BCUT2D eigenvalue weighted by atomic mass is 9.94. The van der Waals surface area contributed by atoms with Crippen molar-refractivity contribution in [3.05, 3.63) is 136 Å². The zero-order valence-corrected chi connectivity index (χ0v) is 25.7. The number of allylic oxidation sites excluding steroid dienone is 1. The molecule has 0 radical (unpaired) electrons. The number of aromatic nitrogens is 3. The molecule has 1 amide bonds. The van der Waals surface area contributed by atoms with Gasteiger partial charge in [-0.25, -0.2) is 4.68 Å². The topological polar surface area (TPSA) is 90.3 Å². The first-order valence-corrected chi connectivity index (χ1v) is 15.4. The fourth-order valence-electron chi connectivity index (χ4n) is 5.01. The van der Waals surface area contributed by atoms with Crippen LogP contribution in [0.3, 0.4) is 0 Å². The van der Waals surface area contributed by atoms with Gasteiger partial charge in [0.1, 0.15) is 24.1 Å². The van der Waals surface area contributed by atoms with E-state index in [9.17, 15) is 4.79 Å². The van der Waals surface area contributed by atoms with Crippen LogP contribution in [-0.2, 0) is 17.2 Å². The Labute approximate surface area is 265 Å². The van der Waals surface area contributed by atoms with E-state index in [4.69, 9.17) is 31.2 Å². The lowest BCUT2D eigenvalue weighted by Crippen LogP contribution is -2.31. The summed E-state index contributed by atoms with van der Waals surface area (Å²) in [5, 5.41) is 12.5. The summed E-state index contributed by atoms with van der Waals surface area (Å²) in [7, 11) is 1.57. The molecule has 0 fully saturated rings. The number of carbonyl (C=O) groups excluding carboxylic acids is 1. The molecule has 2 heterocycles. The molecule has 4 aromatic carbocycles. The Morgan fingerprint density at radius 1 is 1.00 bits per heavy atom. The van der Waals surface area contributed by atoms with Gasteiger partial charge in [-0.2, -0.15) is 4.98 Å². The highest BCUT2D eigenvalue weighted by Crippen LogP contribution is 2.39. The van der Waals surface area contributed by atoms with Crippen molar-refractivity contribution in [3.8, 4) is 11.5 Å². The standard InChI is InChI=1S/C34H30ClN5O3S/c1-22-30(32(41)37-28-17-8-9-18-29(28)42-2)31(24-14-10-15-26(19-24)43-20-23-11-4-3-5-12-23)40-33(36-22)38-34(39-40)44-21-25-13-6-7-16-27(25)35/h3-19,31H,20-21H2,1-2H3,(H,37,41)(H,36,38,39). The number of thioether (sulfide) groups is 1. The normalized spacial score (nSPS) is 14.0. The zero-order chi connectivity index (χ0) is 30.5. The van der Waals surface area contributed by atoms with E-state index in [-0.39, 0.29) is 5.91 Å². The summed E-state index contributed by atoms with van der Waals surface area (Å²) >= 11 is 7.87. The average molecular weight is 624 g/mol. The number of fused-ring (bicyclic) bond motifs is 1. The van der Waals surface area contributed by atoms with Gasteiger partial charge in [0.05, 0.1) is 18.4 Å². The van der Waals surface area contributed by atoms with Crippen LogP contribution in [0.25, 0.3) is 0 Å². The van der Waals surface area contributed by atoms with Crippen LogP contribution in [0.5, 0.6) is 11.5 Å². The molecule has 10 heteroatoms. The Kier molecular flexibility index (Phi) is 8.86. The third kappa shape index (κ3) is 6.44. The molecule has 1 unspecified atom stereocenters. The minimum Gasteiger partial charge on any atom is -0.495 e. The average Bonchev–Trinajstić information content (AvgIpc) is 3.46. The third-order valence-corrected chi connectivity index (χ3v) is 8.42. The van der Waals surface area contributed by atoms with Gasteiger partial charge >= 0.3 is 0 Å². The van der Waals surface area contributed by atoms with Crippen LogP contribution in [0.4, 0.5) is 11.6 Å². The van der Waals surface area contributed by atoms with E-state index in [0.29, 0.717) is 56.9 Å². The van der Waals surface area contributed by atoms with Crippen LogP contribution in [0.2, 0.25) is 5.02 Å². The molecule has 0 saturated heterocycles. The monoisotopic (exact) mass is 623 g/mol. The molecule has 0 saturated carbocycles. The summed E-state index contributed by atoms with van der Waals surface area (Å²) in [5.74, 6) is 2.10. The van der Waals surface area contributed by atoms with Gasteiger partial charge in [0, 0.05) is 16.5 Å². The Balaban J connectivity index is 1.34. The SMILES string of the molecule is COc1ccccc1NC(=O)C1=C(C)Nc2nc(SCc3ccccc3Cl)nn2C1c1cccc(OCc2ccccc2)c1. The Morgan fingerprint density at radius 3 is 2.59 bits per heavy atom. The van der Waals surface area contributed by atoms with Gasteiger partial charge < -0.3 is 20.1 Å². The molecule has 0 spiro atoms. The first-order valence-electron chi connectivity index (χ1n) is 14.0. The minimum atomic E-state index is -0.580. The second-order valence-corrected chi connectivity index (χ2v) is 11.5. The lowest BCUT2D eigenvalue weighted by molar-refractivity contribution is -0.113. The molecule has 2 N–H and O–H groups in total. The summed E-state index contributed by atoms with van der Waals surface area (Å²) in [4.78, 5) is 18.8. The van der Waals surface area contributed by atoms with Crippen LogP contribution in [0.15, 0.2) is 120 Å². The van der Waals surface area contributed by atoms with E-state index in [1.807, 2.05) is 97.9 Å². The van der Waals surface area contributed by atoms with E-state index in [0.717, 1.165) is 16.7 Å². The molecule has 0 bridgehead atoms. The quantitative estimate of drug-likeness (QED) is 0.154. The number of para-hydroxylation sites is 2. The fourth-order valence-corrected chi connectivity index (χ4v) is 6.12. The maximum Gasteiger partial charge on any atom is 0.255 e. The summed E-state index contributed by atoms with van der Waals surface area (Å²) in [5.41, 5.74) is 4.61. The molecule has 8 nitrogen and oxygen atoms in total. The zero-order valence-electron chi connectivity index (χ0n) is 24.2. The molecule has 5 aromatic rings. The van der Waals surface area contributed by atoms with E-state index >= 15 is 0 Å². The Bertz CT molecular complexity index is 1820. The van der Waals surface area contributed by atoms with Crippen molar-refractivity contribution in [1.82, 2.24) is 14.8 Å². The largest absolute Gasteiger partial charge is 0.495 e. The summed E-state index contributed by atoms with van der Waals surface area (Å²) in [6.45, 7) is 2.29. The molecule has 1 atom stereocenters. The van der Waals surface area contributed by atoms with Crippen molar-refractivity contribution < 1.29 is 14.3 Å². The summed E-state index contributed by atoms with van der Waals surface area (Å²) in [6, 6.07) is 32.2. The lowest BCUT2D eigenvalue weighted by Gasteiger charge is -2.29. The molecule has 44 heavy (non-hydrogen) atoms. The number of halogens is 1. The molecule has 1 aromatic heterocycles. The number of ether oxygens (including phenoxy) is 2. The van der Waals surface area contributed by atoms with Crippen molar-refractivity contribution in [1.29, 1.82) is 0 Å². The first-order chi connectivity index (χ1) is 21.5. The molecule has 1 aliphatic rings. The van der Waals surface area contributed by atoms with Gasteiger partial charge in [0.25, 0.3) is 5.91 Å². The number of amides is 1. The van der Waals surface area contributed by atoms with Gasteiger partial charge in [-0.1, -0.05) is 96.2 Å². The van der Waals surface area contributed by atoms with Gasteiger partial charge in [-0.15, -0.1) is 5.10 Å². The number of methoxy groups -OCH3 is 1. The molecular formula is C34H30ClN5O3S. The van der Waals surface area contributed by atoms with Crippen LogP contribution in [0.1, 0.15) is 29.7 Å². The summed E-state index contributed by atoms with van der Waals surface area (Å²) < 4.78 is 13.4. The first kappa shape index (κ1) is 29.3. The smallest absolute Gasteiger partial charge is 0.255 e. The van der Waals surface area contributed by atoms with Crippen LogP contribution >= 0.6 is 23.4 Å². The number of nitrogens with one attached hydrogen (secondary N) is 2. The van der Waals surface area contributed by atoms with E-state index in [1.165, 1.54) is 11.8 Å². The Morgan fingerprint density at radius 2 is 1.77 bits per heavy atom. The molecule has 1 aliphatic heterocycles. The fraction of sp³-hybridized carbons (Fsp3) is 0.147. The number of hydrogen-bond acceptors (Lipinski definition) is 7. The van der Waals surface area contributed by atoms with Crippen molar-refractivity contribution in [2.45, 2.75) is 30.5 Å². The number of rotatable bonds is 10. The van der Waals surface area contributed by atoms with Crippen LogP contribution in [0, 0.1) is 0 Å². The number of benzene rings is 4. The van der Waals surface area contributed by atoms with Gasteiger partial charge in [-0.05, 0) is 53.9 Å². The second kappa shape index (κ2) is 13.3. The third-order valence-electron chi connectivity index (χ3n) is 7.17. The van der Waals surface area contributed by atoms with E-state index in [2.05, 4.69) is 10.6 Å². The van der Waals surface area contributed by atoms with Crippen LogP contribution < -0.4 is 20.1 Å². The maximum absolute atomic E-state index is 14.0. The predicted molar refractivity (Wildman–Crippen MR) is 174 cm³/mol. The van der Waals surface area contributed by atoms with Crippen molar-refractivity contribution in [2.24, 2.45) is 0 Å². The van der Waals surface area contributed by atoms with Gasteiger partial charge in [-0.3, -0.25) is 4.79 Å². The number of hydrogen-bond donors (Lipinski definition) is 2. The summed E-state index contributed by atoms with van der Waals surface area (Å²) in [6.07, 6.45) is 0. The van der Waals surface area contributed by atoms with Crippen LogP contribution in [-0.4, -0.2) is 27.8 Å². The number of carbonyl (C=O) groups is 1. The second-order valence-electron chi connectivity index (χ2n) is 10.1. The minimum absolute atomic E-state index is 0.286. The van der Waals surface area contributed by atoms with Gasteiger partial charge in [0.15, 0.2) is 0 Å². The van der Waals surface area contributed by atoms with Crippen molar-refractivity contribution in [2.75, 3.05) is 17.7 Å². The number of nitrogens with zero attached hydrogens (tertiary/aromatic N) is 3. The van der Waals surface area contributed by atoms with Crippen molar-refractivity contribution in [3.63, 3.8) is 0 Å². The molecule has 0 aliphatic carbocycles. The van der Waals surface area contributed by atoms with Crippen molar-refractivity contribution >= 4 is 40.9 Å². The highest BCUT2D eigenvalue weighted by atomic mass is 35.5. The highest BCUT2D eigenvalue weighted by Gasteiger charge is 2.35. The van der Waals surface area contributed by atoms with Gasteiger partial charge in [0.2, 0.25) is 11.1 Å². The Hall–Kier alpha value is -4.73. The predicted octanol–water partition coefficient (Wildman–Crippen LogP) is 7.74. The van der Waals surface area contributed by atoms with E-state index < -0.39 is 6.04 Å². The number of anilines is 2.